The molecule has 0 unspecified atom stereocenters. The number of methoxy groups -OCH3 is 1. The second-order valence-corrected chi connectivity index (χ2v) is 4.80. The highest BCUT2D eigenvalue weighted by molar-refractivity contribution is 5.77. The number of ether oxygens (including phenoxy) is 1. The zero-order chi connectivity index (χ0) is 14.8. The largest absolute Gasteiger partial charge is 0.375 e. The predicted molar refractivity (Wildman–Crippen MR) is 81.7 cm³/mol. The second-order valence-electron chi connectivity index (χ2n) is 4.80. The molecule has 4 heteroatoms. The summed E-state index contributed by atoms with van der Waals surface area (Å²) in [7, 11) is 1.53. The number of carbonyl (C=O) groups is 1. The first-order valence-corrected chi connectivity index (χ1v) is 7.24. The van der Waals surface area contributed by atoms with Gasteiger partial charge in [0.05, 0.1) is 0 Å². The zero-order valence-electron chi connectivity index (χ0n) is 12.8. The van der Waals surface area contributed by atoms with E-state index in [1.54, 1.807) is 0 Å². The maximum absolute atomic E-state index is 11.5. The highest BCUT2D eigenvalue weighted by Crippen LogP contribution is 2.08. The molecule has 0 heterocycles. The van der Waals surface area contributed by atoms with Crippen molar-refractivity contribution < 1.29 is 9.53 Å². The first-order chi connectivity index (χ1) is 9.71. The van der Waals surface area contributed by atoms with E-state index in [0.717, 1.165) is 19.5 Å². The van der Waals surface area contributed by atoms with Gasteiger partial charge in [-0.2, -0.15) is 0 Å². The normalized spacial score (nSPS) is 12.4. The van der Waals surface area contributed by atoms with Crippen molar-refractivity contribution in [1.29, 1.82) is 0 Å². The van der Waals surface area contributed by atoms with Crippen LogP contribution in [0, 0.1) is 0 Å². The minimum Gasteiger partial charge on any atom is -0.375 e. The minimum atomic E-state index is -0.0577. The average Bonchev–Trinajstić information content (AvgIpc) is 2.47. The summed E-state index contributed by atoms with van der Waals surface area (Å²) in [6.45, 7) is 7.04. The molecular weight excluding hydrogens is 252 g/mol. The fourth-order valence-electron chi connectivity index (χ4n) is 2.37. The summed E-state index contributed by atoms with van der Waals surface area (Å²) in [6, 6.07) is 10.7. The number of nitrogens with zero attached hydrogens (tertiary/aromatic N) is 1. The van der Waals surface area contributed by atoms with E-state index in [0.29, 0.717) is 12.6 Å². The van der Waals surface area contributed by atoms with Gasteiger partial charge in [-0.1, -0.05) is 44.2 Å². The van der Waals surface area contributed by atoms with Crippen LogP contribution in [0.15, 0.2) is 30.3 Å². The van der Waals surface area contributed by atoms with Crippen molar-refractivity contribution in [3.05, 3.63) is 35.9 Å². The molecule has 20 heavy (non-hydrogen) atoms. The molecule has 0 spiro atoms. The lowest BCUT2D eigenvalue weighted by atomic mass is 10.0. The SMILES string of the molecule is CCN(CC)[C@@H](CNC(=O)COC)Cc1ccccc1. The smallest absolute Gasteiger partial charge is 0.246 e. The van der Waals surface area contributed by atoms with Crippen LogP contribution < -0.4 is 5.32 Å². The molecule has 0 aromatic heterocycles. The van der Waals surface area contributed by atoms with Gasteiger partial charge in [-0.15, -0.1) is 0 Å². The molecule has 1 N–H and O–H groups in total. The van der Waals surface area contributed by atoms with Crippen LogP contribution in [0.4, 0.5) is 0 Å². The van der Waals surface area contributed by atoms with Crippen LogP contribution in [0.25, 0.3) is 0 Å². The van der Waals surface area contributed by atoms with Gasteiger partial charge in [0.2, 0.25) is 5.91 Å². The van der Waals surface area contributed by atoms with Crippen LogP contribution in [0.2, 0.25) is 0 Å². The minimum absolute atomic E-state index is 0.0577. The van der Waals surface area contributed by atoms with Crippen molar-refractivity contribution in [2.24, 2.45) is 0 Å². The van der Waals surface area contributed by atoms with E-state index in [9.17, 15) is 4.79 Å². The molecule has 0 bridgehead atoms. The van der Waals surface area contributed by atoms with Crippen molar-refractivity contribution in [1.82, 2.24) is 10.2 Å². The quantitative estimate of drug-likeness (QED) is 0.747. The Morgan fingerprint density at radius 2 is 1.90 bits per heavy atom. The monoisotopic (exact) mass is 278 g/mol. The van der Waals surface area contributed by atoms with Crippen LogP contribution in [-0.4, -0.2) is 50.2 Å². The van der Waals surface area contributed by atoms with Crippen LogP contribution in [0.1, 0.15) is 19.4 Å². The highest BCUT2D eigenvalue weighted by Gasteiger charge is 2.17. The van der Waals surface area contributed by atoms with Crippen LogP contribution in [-0.2, 0) is 16.0 Å². The molecule has 0 saturated carbocycles. The van der Waals surface area contributed by atoms with Crippen molar-refractivity contribution in [2.75, 3.05) is 33.4 Å². The fraction of sp³-hybridized carbons (Fsp3) is 0.562. The molecule has 0 aliphatic rings. The molecule has 1 atom stereocenters. The summed E-state index contributed by atoms with van der Waals surface area (Å²) in [6.07, 6.45) is 0.940. The summed E-state index contributed by atoms with van der Waals surface area (Å²) in [4.78, 5) is 13.9. The molecule has 1 aromatic rings. The first-order valence-electron chi connectivity index (χ1n) is 7.24. The van der Waals surface area contributed by atoms with Gasteiger partial charge in [0.15, 0.2) is 0 Å². The number of hydrogen-bond acceptors (Lipinski definition) is 3. The van der Waals surface area contributed by atoms with E-state index in [4.69, 9.17) is 4.74 Å². The Morgan fingerprint density at radius 1 is 1.25 bits per heavy atom. The zero-order valence-corrected chi connectivity index (χ0v) is 12.8. The molecule has 1 aromatic carbocycles. The molecule has 0 radical (unpaired) electrons. The number of nitrogens with one attached hydrogen (secondary N) is 1. The Balaban J connectivity index is 2.62. The molecule has 0 aliphatic heterocycles. The van der Waals surface area contributed by atoms with Gasteiger partial charge < -0.3 is 10.1 Å². The van der Waals surface area contributed by atoms with Crippen LogP contribution in [0.5, 0.6) is 0 Å². The Labute approximate surface area is 122 Å². The highest BCUT2D eigenvalue weighted by atomic mass is 16.5. The predicted octanol–water partition coefficient (Wildman–Crippen LogP) is 1.70. The first kappa shape index (κ1) is 16.7. The van der Waals surface area contributed by atoms with E-state index in [2.05, 4.69) is 48.3 Å². The molecule has 1 amide bonds. The maximum atomic E-state index is 11.5. The Hall–Kier alpha value is -1.39. The van der Waals surface area contributed by atoms with Gasteiger partial charge in [-0.3, -0.25) is 9.69 Å². The average molecular weight is 278 g/mol. The number of amides is 1. The number of likely N-dealkylation sites (N-methyl/N-ethyl adjacent to an activating group) is 1. The number of rotatable bonds is 9. The molecular formula is C16H26N2O2. The number of benzene rings is 1. The molecule has 112 valence electrons. The second kappa shape index (κ2) is 9.50. The lowest BCUT2D eigenvalue weighted by molar-refractivity contribution is -0.125. The molecule has 0 saturated heterocycles. The van der Waals surface area contributed by atoms with Crippen molar-refractivity contribution in [3.63, 3.8) is 0 Å². The van der Waals surface area contributed by atoms with Gasteiger partial charge in [0, 0.05) is 19.7 Å². The Kier molecular flexibility index (Phi) is 7.92. The van der Waals surface area contributed by atoms with E-state index < -0.39 is 0 Å². The van der Waals surface area contributed by atoms with Gasteiger partial charge in [-0.05, 0) is 25.1 Å². The summed E-state index contributed by atoms with van der Waals surface area (Å²) in [5.41, 5.74) is 1.30. The maximum Gasteiger partial charge on any atom is 0.246 e. The fourth-order valence-corrected chi connectivity index (χ4v) is 2.37. The topological polar surface area (TPSA) is 41.6 Å². The molecule has 0 aliphatic carbocycles. The molecule has 1 rings (SSSR count). The van der Waals surface area contributed by atoms with E-state index >= 15 is 0 Å². The van der Waals surface area contributed by atoms with Crippen LogP contribution >= 0.6 is 0 Å². The molecule has 4 nitrogen and oxygen atoms in total. The Bertz CT molecular complexity index is 377. The van der Waals surface area contributed by atoms with Gasteiger partial charge >= 0.3 is 0 Å². The Morgan fingerprint density at radius 3 is 2.45 bits per heavy atom. The van der Waals surface area contributed by atoms with Crippen LogP contribution in [0.3, 0.4) is 0 Å². The van der Waals surface area contributed by atoms with Gasteiger partial charge in [0.1, 0.15) is 6.61 Å². The van der Waals surface area contributed by atoms with Crippen molar-refractivity contribution in [2.45, 2.75) is 26.3 Å². The third kappa shape index (κ3) is 5.72. The van der Waals surface area contributed by atoms with E-state index in [1.165, 1.54) is 12.7 Å². The third-order valence-corrected chi connectivity index (χ3v) is 3.45. The lowest BCUT2D eigenvalue weighted by Crippen LogP contribution is -2.45. The van der Waals surface area contributed by atoms with Gasteiger partial charge in [0.25, 0.3) is 0 Å². The van der Waals surface area contributed by atoms with Gasteiger partial charge in [-0.25, -0.2) is 0 Å². The summed E-state index contributed by atoms with van der Waals surface area (Å²) >= 11 is 0. The van der Waals surface area contributed by atoms with E-state index in [1.807, 2.05) is 6.07 Å². The molecule has 0 fully saturated rings. The summed E-state index contributed by atoms with van der Waals surface area (Å²) in [5.74, 6) is -0.0577. The van der Waals surface area contributed by atoms with Crippen molar-refractivity contribution >= 4 is 5.91 Å². The van der Waals surface area contributed by atoms with Crippen molar-refractivity contribution in [3.8, 4) is 0 Å². The number of hydrogen-bond donors (Lipinski definition) is 1. The van der Waals surface area contributed by atoms with E-state index in [-0.39, 0.29) is 12.5 Å². The summed E-state index contributed by atoms with van der Waals surface area (Å²) in [5, 5.41) is 2.95. The summed E-state index contributed by atoms with van der Waals surface area (Å²) < 4.78 is 4.84. The lowest BCUT2D eigenvalue weighted by Gasteiger charge is -2.30. The number of carbonyl (C=O) groups excluding carboxylic acids is 1. The third-order valence-electron chi connectivity index (χ3n) is 3.45. The standard InChI is InChI=1S/C16H26N2O2/c1-4-18(5-2)15(12-17-16(19)13-20-3)11-14-9-7-6-8-10-14/h6-10,15H,4-5,11-13H2,1-3H3,(H,17,19)/t15-/m1/s1.